The molecule has 0 aliphatic carbocycles. The Balaban J connectivity index is 1.12. The van der Waals surface area contributed by atoms with E-state index in [9.17, 15) is 13.2 Å². The molecule has 5 rings (SSSR count). The lowest BCUT2D eigenvalue weighted by molar-refractivity contribution is 0.255. The highest BCUT2D eigenvalue weighted by Crippen LogP contribution is 2.25. The van der Waals surface area contributed by atoms with Crippen LogP contribution in [0.15, 0.2) is 68.7 Å². The Morgan fingerprint density at radius 3 is 2.62 bits per heavy atom. The van der Waals surface area contributed by atoms with Crippen LogP contribution >= 0.6 is 11.6 Å². The van der Waals surface area contributed by atoms with Gasteiger partial charge in [-0.1, -0.05) is 29.8 Å². The number of sulfonamides is 1. The topological polar surface area (TPSA) is 98.6 Å². The van der Waals surface area contributed by atoms with Crippen molar-refractivity contribution in [2.45, 2.75) is 11.3 Å². The number of para-hydroxylation sites is 1. The Bertz CT molecular complexity index is 1490. The molecule has 1 saturated heterocycles. The van der Waals surface area contributed by atoms with Crippen LogP contribution in [0.5, 0.6) is 0 Å². The molecule has 8 nitrogen and oxygen atoms in total. The van der Waals surface area contributed by atoms with Crippen molar-refractivity contribution < 1.29 is 12.8 Å². The van der Waals surface area contributed by atoms with Gasteiger partial charge in [-0.2, -0.15) is 0 Å². The van der Waals surface area contributed by atoms with E-state index in [2.05, 4.69) is 19.5 Å². The predicted molar refractivity (Wildman–Crippen MR) is 134 cm³/mol. The van der Waals surface area contributed by atoms with Crippen LogP contribution in [0, 0.1) is 0 Å². The van der Waals surface area contributed by atoms with Gasteiger partial charge in [0.05, 0.1) is 10.6 Å². The van der Waals surface area contributed by atoms with E-state index in [4.69, 9.17) is 16.0 Å². The number of nitrogens with one attached hydrogen (secondary N) is 2. The summed E-state index contributed by atoms with van der Waals surface area (Å²) in [6, 6.07) is 16.1. The highest BCUT2D eigenvalue weighted by atomic mass is 35.5. The predicted octanol–water partition coefficient (Wildman–Crippen LogP) is 3.42. The number of aromatic nitrogens is 1. The van der Waals surface area contributed by atoms with Crippen molar-refractivity contribution in [3.05, 3.63) is 70.2 Å². The maximum Gasteiger partial charge on any atom is 0.417 e. The summed E-state index contributed by atoms with van der Waals surface area (Å²) >= 11 is 6.04. The molecule has 0 bridgehead atoms. The van der Waals surface area contributed by atoms with Gasteiger partial charge in [0.15, 0.2) is 5.58 Å². The number of nitrogens with zero attached hydrogens (tertiary/aromatic N) is 2. The molecule has 0 atom stereocenters. The molecule has 34 heavy (non-hydrogen) atoms. The Morgan fingerprint density at radius 2 is 1.79 bits per heavy atom. The van der Waals surface area contributed by atoms with Gasteiger partial charge in [0, 0.05) is 37.7 Å². The van der Waals surface area contributed by atoms with Crippen molar-refractivity contribution in [2.75, 3.05) is 44.2 Å². The molecule has 10 heteroatoms. The van der Waals surface area contributed by atoms with E-state index in [-0.39, 0.29) is 4.90 Å². The van der Waals surface area contributed by atoms with Crippen LogP contribution in [-0.4, -0.2) is 57.6 Å². The van der Waals surface area contributed by atoms with Gasteiger partial charge in [0.2, 0.25) is 10.0 Å². The summed E-state index contributed by atoms with van der Waals surface area (Å²) in [5, 5.41) is 2.31. The lowest BCUT2D eigenvalue weighted by atomic mass is 10.1. The van der Waals surface area contributed by atoms with Crippen LogP contribution in [-0.2, 0) is 10.0 Å². The first-order chi connectivity index (χ1) is 16.4. The molecule has 0 saturated carbocycles. The van der Waals surface area contributed by atoms with Gasteiger partial charge in [-0.15, -0.1) is 0 Å². The second-order valence-corrected chi connectivity index (χ2v) is 10.6. The van der Waals surface area contributed by atoms with Crippen LogP contribution in [0.2, 0.25) is 5.02 Å². The zero-order valence-corrected chi connectivity index (χ0v) is 20.0. The first kappa shape index (κ1) is 22.9. The SMILES string of the molecule is O=c1[nH]c2c(N3CCN(CCCNS(=O)(=O)c4ccc5ccc(Cl)cc5c4)CC3)cccc2o1. The zero-order chi connectivity index (χ0) is 23.7. The minimum atomic E-state index is -3.59. The van der Waals surface area contributed by atoms with Gasteiger partial charge in [0.25, 0.3) is 0 Å². The minimum Gasteiger partial charge on any atom is -0.408 e. The van der Waals surface area contributed by atoms with E-state index in [0.717, 1.165) is 54.7 Å². The number of anilines is 1. The number of benzene rings is 3. The van der Waals surface area contributed by atoms with Crippen LogP contribution in [0.3, 0.4) is 0 Å². The number of oxazole rings is 1. The molecule has 1 aromatic heterocycles. The summed E-state index contributed by atoms with van der Waals surface area (Å²) < 4.78 is 33.3. The Hall–Kier alpha value is -2.85. The Labute approximate surface area is 202 Å². The second-order valence-electron chi connectivity index (χ2n) is 8.40. The summed E-state index contributed by atoms with van der Waals surface area (Å²) in [4.78, 5) is 19.1. The normalized spacial score (nSPS) is 15.4. The molecule has 178 valence electrons. The largest absolute Gasteiger partial charge is 0.417 e. The van der Waals surface area contributed by atoms with Crippen molar-refractivity contribution in [1.29, 1.82) is 0 Å². The standard InChI is InChI=1S/C24H25ClN4O4S/c25-19-7-5-17-6-8-20(16-18(17)15-19)34(31,32)26-9-2-10-28-11-13-29(14-12-28)21-3-1-4-22-23(21)27-24(30)33-22/h1,3-8,15-16,26H,2,9-14H2,(H,27,30). The molecular formula is C24H25ClN4O4S. The first-order valence-corrected chi connectivity index (χ1v) is 13.0. The molecule has 3 aromatic carbocycles. The summed E-state index contributed by atoms with van der Waals surface area (Å²) in [7, 11) is -3.59. The van der Waals surface area contributed by atoms with Crippen LogP contribution in [0.4, 0.5) is 5.69 Å². The van der Waals surface area contributed by atoms with E-state index in [0.29, 0.717) is 23.6 Å². The fourth-order valence-corrected chi connectivity index (χ4v) is 5.68. The number of halogens is 1. The fourth-order valence-electron chi connectivity index (χ4n) is 4.39. The monoisotopic (exact) mass is 500 g/mol. The average molecular weight is 501 g/mol. The molecule has 1 fully saturated rings. The van der Waals surface area contributed by atoms with Crippen molar-refractivity contribution in [1.82, 2.24) is 14.6 Å². The highest BCUT2D eigenvalue weighted by molar-refractivity contribution is 7.89. The van der Waals surface area contributed by atoms with Crippen LogP contribution in [0.1, 0.15) is 6.42 Å². The number of rotatable bonds is 7. The molecule has 2 N–H and O–H groups in total. The Kier molecular flexibility index (Phi) is 6.35. The van der Waals surface area contributed by atoms with Crippen LogP contribution < -0.4 is 15.4 Å². The van der Waals surface area contributed by atoms with E-state index >= 15 is 0 Å². The van der Waals surface area contributed by atoms with Crippen molar-refractivity contribution in [3.63, 3.8) is 0 Å². The van der Waals surface area contributed by atoms with Gasteiger partial charge < -0.3 is 9.32 Å². The number of hydrogen-bond acceptors (Lipinski definition) is 6. The summed E-state index contributed by atoms with van der Waals surface area (Å²) in [6.45, 7) is 4.52. The molecular weight excluding hydrogens is 476 g/mol. The van der Waals surface area contributed by atoms with E-state index in [1.54, 1.807) is 36.4 Å². The number of piperazine rings is 1. The Morgan fingerprint density at radius 1 is 1.00 bits per heavy atom. The molecule has 0 amide bonds. The maximum atomic E-state index is 12.7. The van der Waals surface area contributed by atoms with Crippen molar-refractivity contribution in [3.8, 4) is 0 Å². The molecule has 1 aliphatic rings. The first-order valence-electron chi connectivity index (χ1n) is 11.2. The van der Waals surface area contributed by atoms with Crippen molar-refractivity contribution >= 4 is 49.2 Å². The molecule has 0 spiro atoms. The summed E-state index contributed by atoms with van der Waals surface area (Å²) in [5.41, 5.74) is 2.26. The van der Waals surface area contributed by atoms with Gasteiger partial charge in [-0.3, -0.25) is 9.88 Å². The van der Waals surface area contributed by atoms with Crippen LogP contribution in [0.25, 0.3) is 21.9 Å². The molecule has 0 radical (unpaired) electrons. The lowest BCUT2D eigenvalue weighted by Crippen LogP contribution is -2.47. The number of aromatic amines is 1. The van der Waals surface area contributed by atoms with E-state index in [1.165, 1.54) is 0 Å². The van der Waals surface area contributed by atoms with Gasteiger partial charge in [0.1, 0.15) is 5.52 Å². The number of hydrogen-bond donors (Lipinski definition) is 2. The van der Waals surface area contributed by atoms with Gasteiger partial charge in [-0.25, -0.2) is 17.9 Å². The molecule has 2 heterocycles. The fraction of sp³-hybridized carbons (Fsp3) is 0.292. The smallest absolute Gasteiger partial charge is 0.408 e. The lowest BCUT2D eigenvalue weighted by Gasteiger charge is -2.36. The molecule has 1 aliphatic heterocycles. The number of fused-ring (bicyclic) bond motifs is 2. The maximum absolute atomic E-state index is 12.7. The minimum absolute atomic E-state index is 0.238. The third-order valence-corrected chi connectivity index (χ3v) is 7.87. The number of H-pyrrole nitrogens is 1. The van der Waals surface area contributed by atoms with E-state index < -0.39 is 15.8 Å². The summed E-state index contributed by atoms with van der Waals surface area (Å²) in [5.74, 6) is -0.448. The average Bonchev–Trinajstić information content (AvgIpc) is 3.22. The molecule has 4 aromatic rings. The van der Waals surface area contributed by atoms with Gasteiger partial charge in [-0.05, 0) is 60.1 Å². The second kappa shape index (κ2) is 9.42. The quantitative estimate of drug-likeness (QED) is 0.377. The van der Waals surface area contributed by atoms with E-state index in [1.807, 2.05) is 18.2 Å². The molecule has 0 unspecified atom stereocenters. The van der Waals surface area contributed by atoms with Gasteiger partial charge >= 0.3 is 5.76 Å². The zero-order valence-electron chi connectivity index (χ0n) is 18.5. The third kappa shape index (κ3) is 4.83. The third-order valence-electron chi connectivity index (χ3n) is 6.17. The summed E-state index contributed by atoms with van der Waals surface area (Å²) in [6.07, 6.45) is 0.712. The van der Waals surface area contributed by atoms with Crippen molar-refractivity contribution in [2.24, 2.45) is 0 Å². The highest BCUT2D eigenvalue weighted by Gasteiger charge is 2.20.